The molecular weight excluding hydrogens is 214 g/mol. The molecule has 1 aliphatic heterocycles. The molecule has 2 rings (SSSR count). The van der Waals surface area contributed by atoms with Crippen LogP contribution in [-0.2, 0) is 4.79 Å². The van der Waals surface area contributed by atoms with E-state index in [9.17, 15) is 4.79 Å². The summed E-state index contributed by atoms with van der Waals surface area (Å²) in [5, 5.41) is 6.39. The Bertz CT molecular complexity index is 408. The van der Waals surface area contributed by atoms with E-state index in [2.05, 4.69) is 15.6 Å². The van der Waals surface area contributed by atoms with Crippen LogP contribution < -0.4 is 10.6 Å². The van der Waals surface area contributed by atoms with Crippen LogP contribution in [0, 0.1) is 5.92 Å². The van der Waals surface area contributed by atoms with E-state index in [1.807, 2.05) is 13.8 Å². The lowest BCUT2D eigenvalue weighted by atomic mass is 10.0. The third-order valence-corrected chi connectivity index (χ3v) is 2.86. The first-order valence-corrected chi connectivity index (χ1v) is 5.19. The van der Waals surface area contributed by atoms with Gasteiger partial charge in [0.05, 0.1) is 11.6 Å². The van der Waals surface area contributed by atoms with E-state index in [0.717, 1.165) is 0 Å². The highest BCUT2D eigenvalue weighted by Gasteiger charge is 2.25. The van der Waals surface area contributed by atoms with Gasteiger partial charge in [-0.2, -0.15) is 0 Å². The van der Waals surface area contributed by atoms with Crippen molar-refractivity contribution >= 4 is 29.0 Å². The minimum Gasteiger partial charge on any atom is -0.365 e. The summed E-state index contributed by atoms with van der Waals surface area (Å²) >= 11 is 5.79. The molecule has 1 aromatic rings. The van der Waals surface area contributed by atoms with Crippen LogP contribution in [-0.4, -0.2) is 16.9 Å². The van der Waals surface area contributed by atoms with Crippen molar-refractivity contribution in [3.8, 4) is 0 Å². The summed E-state index contributed by atoms with van der Waals surface area (Å²) in [7, 11) is 0. The van der Waals surface area contributed by atoms with Gasteiger partial charge in [-0.15, -0.1) is 0 Å². The van der Waals surface area contributed by atoms with Crippen molar-refractivity contribution < 1.29 is 4.79 Å². The lowest BCUT2D eigenvalue weighted by Gasteiger charge is -2.15. The number of carbonyl (C=O) groups is 1. The highest BCUT2D eigenvalue weighted by molar-refractivity contribution is 6.29. The van der Waals surface area contributed by atoms with Gasteiger partial charge in [-0.25, -0.2) is 4.98 Å². The van der Waals surface area contributed by atoms with Crippen molar-refractivity contribution in [2.45, 2.75) is 19.9 Å². The molecule has 1 aromatic heterocycles. The smallest absolute Gasteiger partial charge is 0.229 e. The number of hydrogen-bond donors (Lipinski definition) is 2. The molecule has 5 heteroatoms. The van der Waals surface area contributed by atoms with Gasteiger partial charge in [0.1, 0.15) is 5.15 Å². The second kappa shape index (κ2) is 3.70. The first-order chi connectivity index (χ1) is 7.08. The number of hydrogen-bond acceptors (Lipinski definition) is 3. The largest absolute Gasteiger partial charge is 0.365 e. The molecule has 0 bridgehead atoms. The standard InChI is InChI=1S/C10H12ClN3O/c1-5-6(2)12-9-7(13-10(5)15)3-4-8(11)14-9/h3-6H,1-2H3,(H,12,14)(H,13,15). The van der Waals surface area contributed by atoms with E-state index >= 15 is 0 Å². The minimum absolute atomic E-state index is 0.00197. The Balaban J connectivity index is 2.42. The maximum absolute atomic E-state index is 11.7. The topological polar surface area (TPSA) is 54.0 Å². The van der Waals surface area contributed by atoms with Crippen LogP contribution in [0.2, 0.25) is 5.15 Å². The Labute approximate surface area is 93.0 Å². The summed E-state index contributed by atoms with van der Waals surface area (Å²) in [6, 6.07) is 3.45. The Morgan fingerprint density at radius 3 is 2.87 bits per heavy atom. The lowest BCUT2D eigenvalue weighted by molar-refractivity contribution is -0.119. The molecule has 0 radical (unpaired) electrons. The average Bonchev–Trinajstić information content (AvgIpc) is 2.29. The van der Waals surface area contributed by atoms with Crippen molar-refractivity contribution in [1.82, 2.24) is 4.98 Å². The zero-order chi connectivity index (χ0) is 11.0. The van der Waals surface area contributed by atoms with E-state index in [0.29, 0.717) is 16.7 Å². The Morgan fingerprint density at radius 2 is 2.13 bits per heavy atom. The zero-order valence-electron chi connectivity index (χ0n) is 8.54. The van der Waals surface area contributed by atoms with Crippen LogP contribution in [0.25, 0.3) is 0 Å². The third kappa shape index (κ3) is 1.90. The fourth-order valence-electron chi connectivity index (χ4n) is 1.46. The third-order valence-electron chi connectivity index (χ3n) is 2.65. The molecular formula is C10H12ClN3O. The molecule has 2 heterocycles. The first-order valence-electron chi connectivity index (χ1n) is 4.82. The van der Waals surface area contributed by atoms with E-state index < -0.39 is 0 Å². The summed E-state index contributed by atoms with van der Waals surface area (Å²) in [6.45, 7) is 3.82. The van der Waals surface area contributed by atoms with E-state index in [1.165, 1.54) is 0 Å². The van der Waals surface area contributed by atoms with Crippen molar-refractivity contribution in [2.75, 3.05) is 10.6 Å². The molecule has 0 fully saturated rings. The number of nitrogens with zero attached hydrogens (tertiary/aromatic N) is 1. The van der Waals surface area contributed by atoms with Gasteiger partial charge in [0.15, 0.2) is 5.82 Å². The number of carbonyl (C=O) groups excluding carboxylic acids is 1. The number of rotatable bonds is 0. The maximum Gasteiger partial charge on any atom is 0.229 e. The molecule has 4 nitrogen and oxygen atoms in total. The fraction of sp³-hybridized carbons (Fsp3) is 0.400. The van der Waals surface area contributed by atoms with Gasteiger partial charge in [-0.3, -0.25) is 4.79 Å². The molecule has 2 N–H and O–H groups in total. The molecule has 2 atom stereocenters. The van der Waals surface area contributed by atoms with Crippen LogP contribution >= 0.6 is 11.6 Å². The molecule has 1 amide bonds. The van der Waals surface area contributed by atoms with Crippen LogP contribution in [0.4, 0.5) is 11.5 Å². The molecule has 15 heavy (non-hydrogen) atoms. The Kier molecular flexibility index (Phi) is 2.52. The highest BCUT2D eigenvalue weighted by Crippen LogP contribution is 2.27. The second-order valence-corrected chi connectivity index (χ2v) is 4.13. The fourth-order valence-corrected chi connectivity index (χ4v) is 1.61. The second-order valence-electron chi connectivity index (χ2n) is 3.74. The lowest BCUT2D eigenvalue weighted by Crippen LogP contribution is -2.30. The van der Waals surface area contributed by atoms with E-state index in [4.69, 9.17) is 11.6 Å². The number of anilines is 2. The van der Waals surface area contributed by atoms with Gasteiger partial charge in [0.2, 0.25) is 5.91 Å². The van der Waals surface area contributed by atoms with Crippen molar-refractivity contribution in [3.05, 3.63) is 17.3 Å². The van der Waals surface area contributed by atoms with Gasteiger partial charge < -0.3 is 10.6 Å². The van der Waals surface area contributed by atoms with Crippen LogP contribution in [0.15, 0.2) is 12.1 Å². The van der Waals surface area contributed by atoms with Gasteiger partial charge in [-0.05, 0) is 19.1 Å². The molecule has 0 spiro atoms. The van der Waals surface area contributed by atoms with Crippen molar-refractivity contribution in [3.63, 3.8) is 0 Å². The zero-order valence-corrected chi connectivity index (χ0v) is 9.30. The predicted molar refractivity (Wildman–Crippen MR) is 60.1 cm³/mol. The molecule has 80 valence electrons. The summed E-state index contributed by atoms with van der Waals surface area (Å²) in [5.41, 5.74) is 0.681. The first kappa shape index (κ1) is 10.2. The highest BCUT2D eigenvalue weighted by atomic mass is 35.5. The van der Waals surface area contributed by atoms with Crippen LogP contribution in [0.3, 0.4) is 0 Å². The SMILES string of the molecule is CC1Nc2nc(Cl)ccc2NC(=O)C1C. The monoisotopic (exact) mass is 225 g/mol. The summed E-state index contributed by atoms with van der Waals surface area (Å²) in [4.78, 5) is 15.8. The quantitative estimate of drug-likeness (QED) is 0.665. The van der Waals surface area contributed by atoms with Gasteiger partial charge in [-0.1, -0.05) is 18.5 Å². The molecule has 0 saturated heterocycles. The normalized spacial score (nSPS) is 24.9. The number of fused-ring (bicyclic) bond motifs is 1. The van der Waals surface area contributed by atoms with Crippen molar-refractivity contribution in [2.24, 2.45) is 5.92 Å². The number of pyridine rings is 1. The maximum atomic E-state index is 11.7. The molecule has 2 unspecified atom stereocenters. The average molecular weight is 226 g/mol. The number of amides is 1. The van der Waals surface area contributed by atoms with Gasteiger partial charge >= 0.3 is 0 Å². The van der Waals surface area contributed by atoms with Crippen LogP contribution in [0.1, 0.15) is 13.8 Å². The van der Waals surface area contributed by atoms with E-state index in [-0.39, 0.29) is 17.9 Å². The van der Waals surface area contributed by atoms with E-state index in [1.54, 1.807) is 12.1 Å². The number of halogens is 1. The molecule has 0 saturated carbocycles. The predicted octanol–water partition coefficient (Wildman–Crippen LogP) is 2.12. The number of aromatic nitrogens is 1. The Morgan fingerprint density at radius 1 is 1.40 bits per heavy atom. The minimum atomic E-state index is -0.0991. The molecule has 1 aliphatic rings. The van der Waals surface area contributed by atoms with Crippen LogP contribution in [0.5, 0.6) is 0 Å². The summed E-state index contributed by atoms with van der Waals surface area (Å²) in [5.74, 6) is 0.531. The molecule has 0 aromatic carbocycles. The van der Waals surface area contributed by atoms with Gasteiger partial charge in [0.25, 0.3) is 0 Å². The van der Waals surface area contributed by atoms with Gasteiger partial charge in [0, 0.05) is 6.04 Å². The number of nitrogens with one attached hydrogen (secondary N) is 2. The molecule has 0 aliphatic carbocycles. The summed E-state index contributed by atoms with van der Waals surface area (Å²) < 4.78 is 0. The van der Waals surface area contributed by atoms with Crippen molar-refractivity contribution in [1.29, 1.82) is 0 Å². The Hall–Kier alpha value is -1.29. The summed E-state index contributed by atoms with van der Waals surface area (Å²) in [6.07, 6.45) is 0.